The van der Waals surface area contributed by atoms with E-state index in [0.717, 1.165) is 0 Å². The van der Waals surface area contributed by atoms with Gasteiger partial charge in [0.1, 0.15) is 11.6 Å². The van der Waals surface area contributed by atoms with Crippen LogP contribution < -0.4 is 0 Å². The van der Waals surface area contributed by atoms with Crippen LogP contribution in [0.1, 0.15) is 0 Å². The van der Waals surface area contributed by atoms with Crippen LogP contribution in [0.25, 0.3) is 0 Å². The number of aliphatic hydroxyl groups is 2. The highest BCUT2D eigenvalue weighted by Crippen LogP contribution is 2.06. The molecule has 0 unspecified atom stereocenters. The highest BCUT2D eigenvalue weighted by molar-refractivity contribution is 5.97. The van der Waals surface area contributed by atoms with Crippen LogP contribution in [0.5, 0.6) is 0 Å². The van der Waals surface area contributed by atoms with Gasteiger partial charge in [0.2, 0.25) is 0 Å². The van der Waals surface area contributed by atoms with Gasteiger partial charge >= 0.3 is 0 Å². The standard InChI is InChI=1S/C12H19N3O4/c13-9-11(10-14-3-7-19-8-4-14)12(18)15(1-5-16)2-6-17/h10,16-17H,1-8H2/b11-10-. The molecule has 1 aliphatic heterocycles. The summed E-state index contributed by atoms with van der Waals surface area (Å²) in [4.78, 5) is 15.2. The summed E-state index contributed by atoms with van der Waals surface area (Å²) in [5.74, 6) is -0.475. The Labute approximate surface area is 112 Å². The number of ether oxygens (including phenoxy) is 1. The SMILES string of the molecule is N#C/C(=C/N1CCOCC1)C(=O)N(CCO)CCO. The number of hydrogen-bond acceptors (Lipinski definition) is 6. The summed E-state index contributed by atoms with van der Waals surface area (Å²) < 4.78 is 5.18. The average Bonchev–Trinajstić information content (AvgIpc) is 2.45. The number of amides is 1. The minimum Gasteiger partial charge on any atom is -0.395 e. The molecule has 0 radical (unpaired) electrons. The Balaban J connectivity index is 2.73. The summed E-state index contributed by atoms with van der Waals surface area (Å²) >= 11 is 0. The molecule has 0 atom stereocenters. The normalized spacial score (nSPS) is 16.1. The van der Waals surface area contributed by atoms with Crippen LogP contribution in [-0.2, 0) is 9.53 Å². The lowest BCUT2D eigenvalue weighted by Gasteiger charge is -2.26. The molecule has 1 aliphatic rings. The van der Waals surface area contributed by atoms with Gasteiger partial charge in [-0.05, 0) is 0 Å². The second kappa shape index (κ2) is 8.48. The zero-order chi connectivity index (χ0) is 14.1. The first kappa shape index (κ1) is 15.4. The van der Waals surface area contributed by atoms with Gasteiger partial charge in [0.05, 0.1) is 26.4 Å². The number of nitriles is 1. The van der Waals surface area contributed by atoms with Crippen molar-refractivity contribution in [2.75, 3.05) is 52.6 Å². The van der Waals surface area contributed by atoms with Gasteiger partial charge in [-0.15, -0.1) is 0 Å². The maximum Gasteiger partial charge on any atom is 0.266 e. The fourth-order valence-corrected chi connectivity index (χ4v) is 1.75. The Morgan fingerprint density at radius 1 is 1.32 bits per heavy atom. The number of nitrogens with zero attached hydrogens (tertiary/aromatic N) is 3. The van der Waals surface area contributed by atoms with Crippen molar-refractivity contribution in [2.24, 2.45) is 0 Å². The molecular formula is C12H19N3O4. The minimum atomic E-state index is -0.475. The van der Waals surface area contributed by atoms with Gasteiger partial charge in [-0.2, -0.15) is 5.26 Å². The van der Waals surface area contributed by atoms with E-state index in [4.69, 9.17) is 20.2 Å². The predicted octanol–water partition coefficient (Wildman–Crippen LogP) is -1.46. The van der Waals surface area contributed by atoms with Crippen LogP contribution in [-0.4, -0.2) is 78.5 Å². The lowest BCUT2D eigenvalue weighted by molar-refractivity contribution is -0.127. The molecule has 0 aromatic rings. The van der Waals surface area contributed by atoms with Gasteiger partial charge in [-0.1, -0.05) is 0 Å². The third kappa shape index (κ3) is 4.87. The van der Waals surface area contributed by atoms with Crippen LogP contribution in [0.3, 0.4) is 0 Å². The first-order valence-electron chi connectivity index (χ1n) is 6.17. The van der Waals surface area contributed by atoms with E-state index in [2.05, 4.69) is 0 Å². The number of carbonyl (C=O) groups excluding carboxylic acids is 1. The molecule has 7 nitrogen and oxygen atoms in total. The van der Waals surface area contributed by atoms with Crippen molar-refractivity contribution in [1.29, 1.82) is 5.26 Å². The number of rotatable bonds is 6. The summed E-state index contributed by atoms with van der Waals surface area (Å²) in [5.41, 5.74) is 0.00352. The second-order valence-electron chi connectivity index (χ2n) is 4.04. The van der Waals surface area contributed by atoms with E-state index in [0.29, 0.717) is 26.3 Å². The molecule has 0 saturated carbocycles. The lowest BCUT2D eigenvalue weighted by atomic mass is 10.2. The van der Waals surface area contributed by atoms with Crippen LogP contribution >= 0.6 is 0 Å². The number of aliphatic hydroxyl groups excluding tert-OH is 2. The molecule has 1 rings (SSSR count). The molecule has 0 aliphatic carbocycles. The third-order valence-electron chi connectivity index (χ3n) is 2.74. The Bertz CT molecular complexity index is 352. The molecule has 19 heavy (non-hydrogen) atoms. The summed E-state index contributed by atoms with van der Waals surface area (Å²) in [6, 6.07) is 1.87. The fraction of sp³-hybridized carbons (Fsp3) is 0.667. The fourth-order valence-electron chi connectivity index (χ4n) is 1.75. The van der Waals surface area contributed by atoms with Gasteiger partial charge in [-0.25, -0.2) is 0 Å². The topological polar surface area (TPSA) is 97.0 Å². The molecule has 2 N–H and O–H groups in total. The van der Waals surface area contributed by atoms with Crippen LogP contribution in [0.15, 0.2) is 11.8 Å². The van der Waals surface area contributed by atoms with Crippen molar-refractivity contribution in [3.05, 3.63) is 11.8 Å². The molecule has 0 aromatic carbocycles. The first-order chi connectivity index (χ1) is 9.22. The highest BCUT2D eigenvalue weighted by Gasteiger charge is 2.19. The Hall–Kier alpha value is -1.62. The largest absolute Gasteiger partial charge is 0.395 e. The van der Waals surface area contributed by atoms with Crippen molar-refractivity contribution in [3.8, 4) is 6.07 Å². The molecule has 1 heterocycles. The first-order valence-corrected chi connectivity index (χ1v) is 6.17. The van der Waals surface area contributed by atoms with Gasteiger partial charge in [-0.3, -0.25) is 4.79 Å². The number of morpholine rings is 1. The quantitative estimate of drug-likeness (QED) is 0.452. The van der Waals surface area contributed by atoms with Crippen LogP contribution in [0.4, 0.5) is 0 Å². The van der Waals surface area contributed by atoms with E-state index in [1.165, 1.54) is 11.1 Å². The Morgan fingerprint density at radius 3 is 2.37 bits per heavy atom. The summed E-state index contributed by atoms with van der Waals surface area (Å²) in [5, 5.41) is 26.8. The van der Waals surface area contributed by atoms with Crippen LogP contribution in [0, 0.1) is 11.3 Å². The minimum absolute atomic E-state index is 0.00352. The second-order valence-corrected chi connectivity index (χ2v) is 4.04. The van der Waals surface area contributed by atoms with Crippen molar-refractivity contribution >= 4 is 5.91 Å². The van der Waals surface area contributed by atoms with Crippen LogP contribution in [0.2, 0.25) is 0 Å². The van der Waals surface area contributed by atoms with E-state index >= 15 is 0 Å². The van der Waals surface area contributed by atoms with Crippen molar-refractivity contribution in [1.82, 2.24) is 9.80 Å². The number of hydrogen-bond donors (Lipinski definition) is 2. The smallest absolute Gasteiger partial charge is 0.266 e. The highest BCUT2D eigenvalue weighted by atomic mass is 16.5. The van der Waals surface area contributed by atoms with Gasteiger partial charge in [0.25, 0.3) is 5.91 Å². The molecule has 0 spiro atoms. The molecule has 1 fully saturated rings. The monoisotopic (exact) mass is 269 g/mol. The van der Waals surface area contributed by atoms with Gasteiger partial charge in [0.15, 0.2) is 0 Å². The molecule has 0 bridgehead atoms. The van der Waals surface area contributed by atoms with E-state index < -0.39 is 5.91 Å². The molecule has 1 saturated heterocycles. The average molecular weight is 269 g/mol. The molecular weight excluding hydrogens is 250 g/mol. The van der Waals surface area contributed by atoms with E-state index in [1.807, 2.05) is 11.0 Å². The Morgan fingerprint density at radius 2 is 1.89 bits per heavy atom. The van der Waals surface area contributed by atoms with Crippen molar-refractivity contribution < 1.29 is 19.7 Å². The summed E-state index contributed by atoms with van der Waals surface area (Å²) in [7, 11) is 0. The third-order valence-corrected chi connectivity index (χ3v) is 2.74. The predicted molar refractivity (Wildman–Crippen MR) is 66.8 cm³/mol. The molecule has 0 aromatic heterocycles. The van der Waals surface area contributed by atoms with Gasteiger partial charge < -0.3 is 24.7 Å². The summed E-state index contributed by atoms with van der Waals surface area (Å²) in [6.45, 7) is 2.20. The molecule has 106 valence electrons. The van der Waals surface area contributed by atoms with Crippen molar-refractivity contribution in [3.63, 3.8) is 0 Å². The summed E-state index contributed by atoms with van der Waals surface area (Å²) in [6.07, 6.45) is 1.52. The van der Waals surface area contributed by atoms with Gasteiger partial charge in [0, 0.05) is 32.4 Å². The Kier molecular flexibility index (Phi) is 6.89. The zero-order valence-electron chi connectivity index (χ0n) is 10.8. The van der Waals surface area contributed by atoms with E-state index in [9.17, 15) is 4.79 Å². The molecule has 1 amide bonds. The lowest BCUT2D eigenvalue weighted by Crippen LogP contribution is -2.38. The maximum absolute atomic E-state index is 12.1. The maximum atomic E-state index is 12.1. The number of carbonyl (C=O) groups is 1. The molecule has 7 heteroatoms. The van der Waals surface area contributed by atoms with E-state index in [1.54, 1.807) is 0 Å². The van der Waals surface area contributed by atoms with E-state index in [-0.39, 0.29) is 31.9 Å². The van der Waals surface area contributed by atoms with Crippen molar-refractivity contribution in [2.45, 2.75) is 0 Å². The zero-order valence-corrected chi connectivity index (χ0v) is 10.8.